The maximum atomic E-state index is 12.5. The maximum absolute atomic E-state index is 12.5. The molecule has 0 amide bonds. The van der Waals surface area contributed by atoms with Crippen LogP contribution in [0.1, 0.15) is 240 Å². The van der Waals surface area contributed by atoms with E-state index in [9.17, 15) is 10.2 Å². The highest BCUT2D eigenvalue weighted by atomic mass is 16.5. The number of aryl methyl sites for hydroxylation is 1. The van der Waals surface area contributed by atoms with E-state index in [1.54, 1.807) is 19.9 Å². The Morgan fingerprint density at radius 1 is 0.697 bits per heavy atom. The van der Waals surface area contributed by atoms with Crippen molar-refractivity contribution < 1.29 is 19.7 Å². The van der Waals surface area contributed by atoms with Crippen LogP contribution >= 0.6 is 0 Å². The van der Waals surface area contributed by atoms with Gasteiger partial charge in [0.15, 0.2) is 0 Å². The summed E-state index contributed by atoms with van der Waals surface area (Å²) in [5, 5.41) is 24.3. The summed E-state index contributed by atoms with van der Waals surface area (Å²) < 4.78 is 12.9. The van der Waals surface area contributed by atoms with Gasteiger partial charge in [0, 0.05) is 45.4 Å². The van der Waals surface area contributed by atoms with Crippen LogP contribution in [-0.4, -0.2) is 23.4 Å². The predicted octanol–water partition coefficient (Wildman–Crippen LogP) is 26.6. The molecule has 0 heterocycles. The highest BCUT2D eigenvalue weighted by Crippen LogP contribution is 2.47. The van der Waals surface area contributed by atoms with Gasteiger partial charge in [0.25, 0.3) is 0 Å². The molecule has 4 heteroatoms. The second-order valence-electron chi connectivity index (χ2n) is 22.1. The summed E-state index contributed by atoms with van der Waals surface area (Å²) in [5.74, 6) is 6.58. The molecule has 0 bridgehead atoms. The molecule has 0 saturated carbocycles. The topological polar surface area (TPSA) is 58.9 Å². The first-order valence-electron chi connectivity index (χ1n) is 33.0. The maximum Gasteiger partial charge on any atom is 0.131 e. The Hall–Kier alpha value is -7.40. The average molecular weight is 1210 g/mol. The summed E-state index contributed by atoms with van der Waals surface area (Å²) in [7, 11) is 0. The SMILES string of the molecule is C#CC.C#CC.C=C/C=C\C1=CCC(C)C(C(=C/C)/C(O)=C(\C)c2ccccc2OCCCOc2ccccc2-c2cc(C(C)(C)C)cc(/C(=C(\C=C/CC)C(=C)C)c3ccccc3C)c2O)=C1C.CC.CC.CC.CC.CC.CC(C)(C)C.CC=CCC. The highest BCUT2D eigenvalue weighted by Gasteiger charge is 2.27. The van der Waals surface area contributed by atoms with Gasteiger partial charge in [-0.25, -0.2) is 0 Å². The Balaban J connectivity index is -0.000000777. The van der Waals surface area contributed by atoms with E-state index in [1.807, 2.05) is 164 Å². The minimum atomic E-state index is -0.215. The lowest BCUT2D eigenvalue weighted by Gasteiger charge is -2.26. The number of allylic oxidation sites excluding steroid dienone is 15. The summed E-state index contributed by atoms with van der Waals surface area (Å²) in [6, 6.07) is 28.4. The summed E-state index contributed by atoms with van der Waals surface area (Å²) in [6.07, 6.45) is 31.3. The monoisotopic (exact) mass is 1210 g/mol. The van der Waals surface area contributed by atoms with Crippen LogP contribution in [0.4, 0.5) is 0 Å². The fraction of sp³-hybridized carbons (Fsp3) is 0.435. The molecule has 1 aliphatic carbocycles. The van der Waals surface area contributed by atoms with Crippen molar-refractivity contribution in [2.45, 2.75) is 225 Å². The van der Waals surface area contributed by atoms with Crippen molar-refractivity contribution in [2.24, 2.45) is 11.3 Å². The van der Waals surface area contributed by atoms with Gasteiger partial charge in [-0.05, 0) is 155 Å². The van der Waals surface area contributed by atoms with Gasteiger partial charge < -0.3 is 19.7 Å². The van der Waals surface area contributed by atoms with Crippen molar-refractivity contribution in [3.8, 4) is 53.1 Å². The van der Waals surface area contributed by atoms with E-state index in [0.29, 0.717) is 42.1 Å². The van der Waals surface area contributed by atoms with Gasteiger partial charge in [-0.1, -0.05) is 273 Å². The number of aromatic hydroxyl groups is 1. The lowest BCUT2D eigenvalue weighted by Crippen LogP contribution is -2.12. The third-order valence-corrected chi connectivity index (χ3v) is 12.3. The van der Waals surface area contributed by atoms with Gasteiger partial charge in [0.1, 0.15) is 23.0 Å². The Morgan fingerprint density at radius 2 is 1.17 bits per heavy atom. The fourth-order valence-corrected chi connectivity index (χ4v) is 8.48. The number of hydrogen-bond acceptors (Lipinski definition) is 4. The molecule has 0 aliphatic heterocycles. The van der Waals surface area contributed by atoms with Crippen LogP contribution in [0.2, 0.25) is 0 Å². The standard InChI is InChI=1S/C59H68O4.C5H12.C5H10.2C3H4.5C2H6/c1-13-16-26-44-34-33-41(7)55(42(44)8)46(15-3)57(60)43(9)49-29-20-22-31-53(49)62-35-24-36-63-54-32-23-21-30-50(54)51-37-45(59(10,11)12)38-52(58(51)61)56(47(39(4)5)27-17-14-2)48-28-19-18-25-40(48)6;1-5(2,3)4;1-3-5-4-2;2*1-3-2;5*1-2/h13,15-23,25-32,34,37-38,41,60-61H,1,4,14,24,33,35-36H2,2-3,5-12H3;1-4H3;3,5H,4H2,1-2H3;2*1H,2H3;5*1-2H3/b26-16-,27-17-,46-15-,56-47+,57-43-;;;;;;;;;. The van der Waals surface area contributed by atoms with E-state index in [0.717, 1.165) is 97.2 Å². The lowest BCUT2D eigenvalue weighted by molar-refractivity contribution is 0.247. The third kappa shape index (κ3) is 34.2. The molecular formula is C85H128O4. The van der Waals surface area contributed by atoms with Crippen molar-refractivity contribution >= 4 is 11.1 Å². The Kier molecular flexibility index (Phi) is 54.4. The second kappa shape index (κ2) is 53.6. The van der Waals surface area contributed by atoms with E-state index in [1.165, 1.54) is 0 Å². The van der Waals surface area contributed by atoms with Gasteiger partial charge in [-0.3, -0.25) is 0 Å². The number of terminal acetylenes is 2. The van der Waals surface area contributed by atoms with E-state index < -0.39 is 0 Å². The average Bonchev–Trinajstić information content (AvgIpc) is 1.10. The zero-order valence-electron chi connectivity index (χ0n) is 61.9. The first-order valence-corrected chi connectivity index (χ1v) is 33.0. The molecule has 0 radical (unpaired) electrons. The highest BCUT2D eigenvalue weighted by molar-refractivity contribution is 5.93. The van der Waals surface area contributed by atoms with Gasteiger partial charge in [0.05, 0.1) is 13.2 Å². The number of phenols is 1. The molecule has 4 aromatic rings. The van der Waals surface area contributed by atoms with Gasteiger partial charge in [-0.15, -0.1) is 24.7 Å². The zero-order valence-corrected chi connectivity index (χ0v) is 61.9. The molecule has 0 spiro atoms. The molecule has 492 valence electrons. The first-order chi connectivity index (χ1) is 42.4. The number of aliphatic hydroxyl groups excluding tert-OH is 1. The summed E-state index contributed by atoms with van der Waals surface area (Å²) >= 11 is 0. The van der Waals surface area contributed by atoms with Crippen LogP contribution < -0.4 is 9.47 Å². The number of rotatable bonds is 18. The third-order valence-electron chi connectivity index (χ3n) is 12.3. The molecule has 1 aliphatic rings. The van der Waals surface area contributed by atoms with Crippen LogP contribution in [0, 0.1) is 42.9 Å². The summed E-state index contributed by atoms with van der Waals surface area (Å²) in [4.78, 5) is 0. The largest absolute Gasteiger partial charge is 0.507 e. The second-order valence-corrected chi connectivity index (χ2v) is 22.1. The van der Waals surface area contributed by atoms with Crippen molar-refractivity contribution in [3.05, 3.63) is 220 Å². The minimum absolute atomic E-state index is 0.194. The molecule has 4 aromatic carbocycles. The van der Waals surface area contributed by atoms with Crippen molar-refractivity contribution in [1.82, 2.24) is 0 Å². The Bertz CT molecular complexity index is 2920. The molecule has 4 nitrogen and oxygen atoms in total. The molecule has 0 fully saturated rings. The van der Waals surface area contributed by atoms with Crippen LogP contribution in [0.3, 0.4) is 0 Å². The predicted molar refractivity (Wildman–Crippen MR) is 405 cm³/mol. The number of hydrogen-bond donors (Lipinski definition) is 2. The quantitative estimate of drug-likeness (QED) is 0.0343. The first kappa shape index (κ1) is 90.3. The molecule has 1 atom stereocenters. The van der Waals surface area contributed by atoms with E-state index in [4.69, 9.17) is 9.47 Å². The van der Waals surface area contributed by atoms with E-state index >= 15 is 0 Å². The number of phenolic OH excluding ortho intramolecular Hbond substituents is 1. The number of ether oxygens (including phenoxy) is 2. The van der Waals surface area contributed by atoms with Gasteiger partial charge >= 0.3 is 0 Å². The van der Waals surface area contributed by atoms with Crippen LogP contribution in [0.25, 0.3) is 22.3 Å². The van der Waals surface area contributed by atoms with E-state index in [2.05, 4.69) is 188 Å². The fourth-order valence-electron chi connectivity index (χ4n) is 8.48. The molecule has 0 aromatic heterocycles. The molecule has 89 heavy (non-hydrogen) atoms. The number of benzene rings is 4. The minimum Gasteiger partial charge on any atom is -0.507 e. The number of aliphatic hydroxyl groups is 1. The summed E-state index contributed by atoms with van der Waals surface area (Å²) in [6.45, 7) is 66.4. The molecular weight excluding hydrogens is 1080 g/mol. The van der Waals surface area contributed by atoms with Crippen molar-refractivity contribution in [1.29, 1.82) is 0 Å². The van der Waals surface area contributed by atoms with Crippen LogP contribution in [0.15, 0.2) is 192 Å². The number of para-hydroxylation sites is 2. The molecule has 1 unspecified atom stereocenters. The van der Waals surface area contributed by atoms with E-state index in [-0.39, 0.29) is 22.8 Å². The summed E-state index contributed by atoms with van der Waals surface area (Å²) in [5.41, 5.74) is 14.6. The van der Waals surface area contributed by atoms with Gasteiger partial charge in [0.2, 0.25) is 0 Å². The van der Waals surface area contributed by atoms with Crippen molar-refractivity contribution in [2.75, 3.05) is 13.2 Å². The Morgan fingerprint density at radius 3 is 1.62 bits per heavy atom. The van der Waals surface area contributed by atoms with Crippen molar-refractivity contribution in [3.63, 3.8) is 0 Å². The lowest BCUT2D eigenvalue weighted by atomic mass is 9.79. The molecule has 2 N–H and O–H groups in total. The van der Waals surface area contributed by atoms with Gasteiger partial charge in [-0.2, -0.15) is 0 Å². The normalized spacial score (nSPS) is 12.8. The molecule has 0 saturated heterocycles. The molecule has 5 rings (SSSR count). The zero-order chi connectivity index (χ0) is 69.9. The smallest absolute Gasteiger partial charge is 0.131 e. The Labute approximate surface area is 550 Å². The van der Waals surface area contributed by atoms with Crippen LogP contribution in [0.5, 0.6) is 17.2 Å². The van der Waals surface area contributed by atoms with Crippen LogP contribution in [-0.2, 0) is 5.41 Å².